The molecule has 0 atom stereocenters. The fraction of sp³-hybridized carbons (Fsp3) is 0.524. The molecule has 0 saturated heterocycles. The lowest BCUT2D eigenvalue weighted by Gasteiger charge is -2.06. The molecular formula is C21H30N2O7. The lowest BCUT2D eigenvalue weighted by molar-refractivity contribution is -0.143. The molecule has 9 heteroatoms. The number of methoxy groups -OCH3 is 4. The number of aryl methyl sites for hydroxylation is 1. The smallest absolute Gasteiger partial charge is 0.305 e. The molecule has 1 aromatic heterocycles. The average molecular weight is 422 g/mol. The maximum atomic E-state index is 12.0. The fourth-order valence-electron chi connectivity index (χ4n) is 3.31. The van der Waals surface area contributed by atoms with E-state index in [4.69, 9.17) is 23.7 Å². The van der Waals surface area contributed by atoms with E-state index in [1.165, 1.54) is 14.2 Å². The number of aromatic nitrogens is 1. The SMILES string of the molecule is CCOC(=O)CCCCCc1[nH]c(/C=C2\NC(=O)C(OC)=C2OC)c(OC)c1OC. The van der Waals surface area contributed by atoms with Crippen LogP contribution in [0.25, 0.3) is 6.08 Å². The van der Waals surface area contributed by atoms with Gasteiger partial charge in [-0.05, 0) is 32.3 Å². The predicted octanol–water partition coefficient (Wildman–Crippen LogP) is 2.67. The molecule has 0 aromatic carbocycles. The maximum Gasteiger partial charge on any atom is 0.305 e. The quantitative estimate of drug-likeness (QED) is 0.394. The second-order valence-electron chi connectivity index (χ2n) is 6.53. The van der Waals surface area contributed by atoms with Crippen LogP contribution in [-0.4, -0.2) is 51.9 Å². The highest BCUT2D eigenvalue weighted by Gasteiger charge is 2.30. The normalized spacial score (nSPS) is 14.7. The third-order valence-corrected chi connectivity index (χ3v) is 4.63. The van der Waals surface area contributed by atoms with Crippen LogP contribution in [0.5, 0.6) is 11.5 Å². The van der Waals surface area contributed by atoms with Gasteiger partial charge < -0.3 is 34.0 Å². The van der Waals surface area contributed by atoms with Gasteiger partial charge in [0.2, 0.25) is 5.76 Å². The first-order valence-electron chi connectivity index (χ1n) is 9.84. The number of esters is 1. The van der Waals surface area contributed by atoms with Crippen molar-refractivity contribution >= 4 is 18.0 Å². The Kier molecular flexibility index (Phi) is 8.64. The first kappa shape index (κ1) is 23.2. The third kappa shape index (κ3) is 5.28. The van der Waals surface area contributed by atoms with Crippen LogP contribution < -0.4 is 14.8 Å². The van der Waals surface area contributed by atoms with Gasteiger partial charge in [-0.25, -0.2) is 0 Å². The number of unbranched alkanes of at least 4 members (excludes halogenated alkanes) is 2. The van der Waals surface area contributed by atoms with Gasteiger partial charge >= 0.3 is 5.97 Å². The summed E-state index contributed by atoms with van der Waals surface area (Å²) in [5, 5.41) is 2.72. The zero-order valence-electron chi connectivity index (χ0n) is 18.2. The summed E-state index contributed by atoms with van der Waals surface area (Å²) < 4.78 is 26.4. The second kappa shape index (κ2) is 11.2. The Hall–Kier alpha value is -3.10. The third-order valence-electron chi connectivity index (χ3n) is 4.63. The minimum atomic E-state index is -0.375. The molecule has 30 heavy (non-hydrogen) atoms. The second-order valence-corrected chi connectivity index (χ2v) is 6.53. The number of hydrogen-bond acceptors (Lipinski definition) is 7. The van der Waals surface area contributed by atoms with Crippen LogP contribution in [0.4, 0.5) is 0 Å². The number of ether oxygens (including phenoxy) is 5. The largest absolute Gasteiger partial charge is 0.491 e. The number of rotatable bonds is 12. The van der Waals surface area contributed by atoms with Crippen LogP contribution in [0.1, 0.15) is 44.0 Å². The lowest BCUT2D eigenvalue weighted by atomic mass is 10.1. The van der Waals surface area contributed by atoms with Crippen molar-refractivity contribution in [3.8, 4) is 11.5 Å². The van der Waals surface area contributed by atoms with Crippen molar-refractivity contribution in [2.45, 2.75) is 39.0 Å². The molecule has 0 unspecified atom stereocenters. The van der Waals surface area contributed by atoms with Crippen molar-refractivity contribution < 1.29 is 33.3 Å². The van der Waals surface area contributed by atoms with Gasteiger partial charge in [-0.2, -0.15) is 0 Å². The van der Waals surface area contributed by atoms with E-state index in [2.05, 4.69) is 10.3 Å². The number of amides is 1. The van der Waals surface area contributed by atoms with E-state index in [1.807, 2.05) is 0 Å². The standard InChI is InChI=1S/C21H30N2O7/c1-6-30-16(24)11-9-7-8-10-13-17(26-2)18(27-3)14(22-13)12-15-19(28-4)20(29-5)21(25)23-15/h12,22H,6-11H2,1-5H3,(H,23,25)/b15-12-. The van der Waals surface area contributed by atoms with Crippen LogP contribution in [0.2, 0.25) is 0 Å². The summed E-state index contributed by atoms with van der Waals surface area (Å²) in [4.78, 5) is 26.8. The molecular weight excluding hydrogens is 392 g/mol. The van der Waals surface area contributed by atoms with E-state index in [1.54, 1.807) is 27.2 Å². The van der Waals surface area contributed by atoms with Crippen molar-refractivity contribution in [3.05, 3.63) is 28.6 Å². The molecule has 1 aliphatic rings. The molecule has 1 aliphatic heterocycles. The number of nitrogens with one attached hydrogen (secondary N) is 2. The minimum absolute atomic E-state index is 0.114. The Bertz CT molecular complexity index is 824. The van der Waals surface area contributed by atoms with E-state index >= 15 is 0 Å². The van der Waals surface area contributed by atoms with Crippen molar-refractivity contribution in [1.82, 2.24) is 10.3 Å². The van der Waals surface area contributed by atoms with Crippen molar-refractivity contribution in [3.63, 3.8) is 0 Å². The van der Waals surface area contributed by atoms with Crippen molar-refractivity contribution in [2.75, 3.05) is 35.0 Å². The topological polar surface area (TPSA) is 108 Å². The van der Waals surface area contributed by atoms with Gasteiger partial charge in [0.1, 0.15) is 0 Å². The van der Waals surface area contributed by atoms with Crippen LogP contribution in [-0.2, 0) is 30.2 Å². The Morgan fingerprint density at radius 1 is 0.933 bits per heavy atom. The zero-order valence-corrected chi connectivity index (χ0v) is 18.2. The molecule has 2 rings (SSSR count). The summed E-state index contributed by atoms with van der Waals surface area (Å²) >= 11 is 0. The molecule has 0 fully saturated rings. The Morgan fingerprint density at radius 3 is 2.23 bits per heavy atom. The highest BCUT2D eigenvalue weighted by Crippen LogP contribution is 2.38. The molecule has 2 N–H and O–H groups in total. The van der Waals surface area contributed by atoms with E-state index in [9.17, 15) is 9.59 Å². The van der Waals surface area contributed by atoms with Gasteiger partial charge in [0.05, 0.1) is 52.1 Å². The Labute approximate surface area is 176 Å². The molecule has 2 heterocycles. The summed E-state index contributed by atoms with van der Waals surface area (Å²) in [6, 6.07) is 0. The van der Waals surface area contributed by atoms with Crippen LogP contribution in [0, 0.1) is 0 Å². The van der Waals surface area contributed by atoms with E-state index in [0.717, 1.165) is 25.0 Å². The monoisotopic (exact) mass is 422 g/mol. The molecule has 1 aromatic rings. The van der Waals surface area contributed by atoms with E-state index in [0.29, 0.717) is 48.1 Å². The fourth-order valence-corrected chi connectivity index (χ4v) is 3.31. The molecule has 1 amide bonds. The van der Waals surface area contributed by atoms with Gasteiger partial charge in [-0.3, -0.25) is 9.59 Å². The Balaban J connectivity index is 2.15. The maximum absolute atomic E-state index is 12.0. The number of carbonyl (C=O) groups is 2. The minimum Gasteiger partial charge on any atom is -0.491 e. The molecule has 0 saturated carbocycles. The number of carbonyl (C=O) groups excluding carboxylic acids is 2. The van der Waals surface area contributed by atoms with Crippen LogP contribution >= 0.6 is 0 Å². The van der Waals surface area contributed by atoms with Gasteiger partial charge in [0, 0.05) is 6.42 Å². The predicted molar refractivity (Wildman–Crippen MR) is 110 cm³/mol. The highest BCUT2D eigenvalue weighted by atomic mass is 16.5. The molecule has 0 spiro atoms. The first-order valence-corrected chi connectivity index (χ1v) is 9.84. The average Bonchev–Trinajstić information content (AvgIpc) is 3.23. The molecule has 0 bridgehead atoms. The summed E-state index contributed by atoms with van der Waals surface area (Å²) in [7, 11) is 6.01. The molecule has 9 nitrogen and oxygen atoms in total. The van der Waals surface area contributed by atoms with Crippen LogP contribution in [0.3, 0.4) is 0 Å². The van der Waals surface area contributed by atoms with Gasteiger partial charge in [0.25, 0.3) is 5.91 Å². The van der Waals surface area contributed by atoms with E-state index in [-0.39, 0.29) is 17.6 Å². The van der Waals surface area contributed by atoms with Crippen molar-refractivity contribution in [2.24, 2.45) is 0 Å². The van der Waals surface area contributed by atoms with Gasteiger partial charge in [-0.1, -0.05) is 6.42 Å². The van der Waals surface area contributed by atoms with E-state index < -0.39 is 0 Å². The highest BCUT2D eigenvalue weighted by molar-refractivity contribution is 5.99. The number of H-pyrrole nitrogens is 1. The number of aromatic amines is 1. The molecule has 0 aliphatic carbocycles. The van der Waals surface area contributed by atoms with Crippen molar-refractivity contribution in [1.29, 1.82) is 0 Å². The lowest BCUT2D eigenvalue weighted by Crippen LogP contribution is -2.17. The summed E-state index contributed by atoms with van der Waals surface area (Å²) in [6.45, 7) is 2.21. The first-order chi connectivity index (χ1) is 14.5. The molecule has 0 radical (unpaired) electrons. The van der Waals surface area contributed by atoms with Crippen LogP contribution in [0.15, 0.2) is 17.2 Å². The Morgan fingerprint density at radius 2 is 1.63 bits per heavy atom. The van der Waals surface area contributed by atoms with Gasteiger partial charge in [-0.15, -0.1) is 0 Å². The number of hydrogen-bond donors (Lipinski definition) is 2. The summed E-state index contributed by atoms with van der Waals surface area (Å²) in [5.41, 5.74) is 1.97. The molecule has 166 valence electrons. The summed E-state index contributed by atoms with van der Waals surface area (Å²) in [6.07, 6.45) is 5.36. The van der Waals surface area contributed by atoms with Gasteiger partial charge in [0.15, 0.2) is 17.3 Å². The summed E-state index contributed by atoms with van der Waals surface area (Å²) in [5.74, 6) is 1.03. The zero-order chi connectivity index (χ0) is 22.1.